The van der Waals surface area contributed by atoms with Crippen molar-refractivity contribution in [3.8, 4) is 0 Å². The molecule has 0 spiro atoms. The van der Waals surface area contributed by atoms with Gasteiger partial charge in [0.25, 0.3) is 5.91 Å². The summed E-state index contributed by atoms with van der Waals surface area (Å²) < 4.78 is 26.7. The highest BCUT2D eigenvalue weighted by Crippen LogP contribution is 2.17. The second-order valence-electron chi connectivity index (χ2n) is 7.49. The van der Waals surface area contributed by atoms with Crippen molar-refractivity contribution in [2.75, 3.05) is 32.7 Å². The van der Waals surface area contributed by atoms with E-state index in [2.05, 4.69) is 21.9 Å². The van der Waals surface area contributed by atoms with E-state index in [4.69, 9.17) is 0 Å². The van der Waals surface area contributed by atoms with Crippen LogP contribution in [-0.2, 0) is 10.0 Å². The van der Waals surface area contributed by atoms with Gasteiger partial charge in [-0.15, -0.1) is 0 Å². The van der Waals surface area contributed by atoms with Crippen LogP contribution in [0.15, 0.2) is 23.1 Å². The van der Waals surface area contributed by atoms with Gasteiger partial charge in [-0.25, -0.2) is 13.1 Å². The van der Waals surface area contributed by atoms with E-state index in [-0.39, 0.29) is 10.8 Å². The van der Waals surface area contributed by atoms with E-state index >= 15 is 0 Å². The number of rotatable bonds is 9. The number of aryl methyl sites for hydroxylation is 1. The number of hydrogen-bond acceptors (Lipinski definition) is 4. The van der Waals surface area contributed by atoms with Gasteiger partial charge in [0.1, 0.15) is 0 Å². The molecule has 1 aliphatic rings. The third-order valence-electron chi connectivity index (χ3n) is 5.03. The number of unbranched alkanes of at least 4 members (excludes halogenated alkanes) is 1. The van der Waals surface area contributed by atoms with Gasteiger partial charge in [0.2, 0.25) is 10.0 Å². The Hall–Kier alpha value is -1.44. The van der Waals surface area contributed by atoms with Crippen LogP contribution in [0.25, 0.3) is 0 Å². The van der Waals surface area contributed by atoms with Crippen molar-refractivity contribution in [1.29, 1.82) is 0 Å². The molecule has 1 atom stereocenters. The lowest BCUT2D eigenvalue weighted by Crippen LogP contribution is -2.35. The first kappa shape index (κ1) is 21.9. The Kier molecular flexibility index (Phi) is 8.26. The maximum absolute atomic E-state index is 12.5. The van der Waals surface area contributed by atoms with Crippen molar-refractivity contribution in [2.45, 2.75) is 51.3 Å². The van der Waals surface area contributed by atoms with Crippen molar-refractivity contribution >= 4 is 15.9 Å². The van der Waals surface area contributed by atoms with Crippen molar-refractivity contribution in [2.24, 2.45) is 5.92 Å². The molecule has 2 rings (SSSR count). The number of benzene rings is 1. The van der Waals surface area contributed by atoms with Crippen LogP contribution in [0, 0.1) is 12.8 Å². The lowest BCUT2D eigenvalue weighted by atomic mass is 10.0. The summed E-state index contributed by atoms with van der Waals surface area (Å²) in [7, 11) is -3.56. The highest BCUT2D eigenvalue weighted by atomic mass is 32.2. The van der Waals surface area contributed by atoms with Gasteiger partial charge >= 0.3 is 0 Å². The zero-order valence-electron chi connectivity index (χ0n) is 16.8. The largest absolute Gasteiger partial charge is 0.352 e. The van der Waals surface area contributed by atoms with Crippen LogP contribution in [0.3, 0.4) is 0 Å². The van der Waals surface area contributed by atoms with Crippen molar-refractivity contribution < 1.29 is 13.2 Å². The smallest absolute Gasteiger partial charge is 0.251 e. The number of carbonyl (C=O) groups excluding carboxylic acids is 1. The van der Waals surface area contributed by atoms with Crippen LogP contribution in [0.5, 0.6) is 0 Å². The van der Waals surface area contributed by atoms with E-state index in [1.54, 1.807) is 13.0 Å². The van der Waals surface area contributed by atoms with Crippen molar-refractivity contribution in [1.82, 2.24) is 14.9 Å². The molecule has 0 saturated carbocycles. The van der Waals surface area contributed by atoms with Gasteiger partial charge in [0.15, 0.2) is 0 Å². The molecule has 152 valence electrons. The van der Waals surface area contributed by atoms with E-state index in [0.717, 1.165) is 30.9 Å². The average Bonchev–Trinajstić information content (AvgIpc) is 2.61. The van der Waals surface area contributed by atoms with Crippen LogP contribution in [0.4, 0.5) is 0 Å². The molecule has 0 bridgehead atoms. The maximum Gasteiger partial charge on any atom is 0.251 e. The molecule has 0 radical (unpaired) electrons. The highest BCUT2D eigenvalue weighted by Gasteiger charge is 2.18. The summed E-state index contributed by atoms with van der Waals surface area (Å²) in [5, 5.41) is 2.92. The molecule has 1 amide bonds. The fourth-order valence-electron chi connectivity index (χ4n) is 3.53. The minimum absolute atomic E-state index is 0.124. The zero-order chi connectivity index (χ0) is 19.9. The first-order chi connectivity index (χ1) is 12.8. The summed E-state index contributed by atoms with van der Waals surface area (Å²) in [6, 6.07) is 4.66. The van der Waals surface area contributed by atoms with Crippen LogP contribution in [-0.4, -0.2) is 51.9 Å². The predicted octanol–water partition coefficient (Wildman–Crippen LogP) is 2.54. The normalized spacial score (nSPS) is 18.4. The Balaban J connectivity index is 1.83. The number of nitrogens with one attached hydrogen (secondary N) is 2. The van der Waals surface area contributed by atoms with E-state index in [1.165, 1.54) is 38.1 Å². The van der Waals surface area contributed by atoms with Crippen LogP contribution < -0.4 is 10.0 Å². The van der Waals surface area contributed by atoms with Crippen LogP contribution >= 0.6 is 0 Å². The fourth-order valence-corrected chi connectivity index (χ4v) is 4.60. The summed E-state index contributed by atoms with van der Waals surface area (Å²) in [5.74, 6) is 0.569. The Morgan fingerprint density at radius 3 is 2.78 bits per heavy atom. The van der Waals surface area contributed by atoms with Gasteiger partial charge in [0, 0.05) is 25.2 Å². The minimum Gasteiger partial charge on any atom is -0.352 e. The molecule has 27 heavy (non-hydrogen) atoms. The third kappa shape index (κ3) is 6.59. The Bertz CT molecular complexity index is 734. The first-order valence-corrected chi connectivity index (χ1v) is 11.4. The van der Waals surface area contributed by atoms with Crippen LogP contribution in [0.1, 0.15) is 55.5 Å². The van der Waals surface area contributed by atoms with E-state index in [9.17, 15) is 13.2 Å². The third-order valence-corrected chi connectivity index (χ3v) is 6.57. The molecule has 1 saturated heterocycles. The number of amides is 1. The molecule has 2 N–H and O–H groups in total. The molecule has 1 heterocycles. The van der Waals surface area contributed by atoms with Gasteiger partial charge in [0.05, 0.1) is 4.90 Å². The lowest BCUT2D eigenvalue weighted by Gasteiger charge is -2.30. The SMILES string of the molecule is CCNS(=O)(=O)c1ccc(C)c(C(=O)NCCCCN2CCCC(C)C2)c1. The molecule has 7 heteroatoms. The summed E-state index contributed by atoms with van der Waals surface area (Å²) in [4.78, 5) is 15.1. The summed E-state index contributed by atoms with van der Waals surface area (Å²) >= 11 is 0. The zero-order valence-corrected chi connectivity index (χ0v) is 17.6. The van der Waals surface area contributed by atoms with Gasteiger partial charge < -0.3 is 10.2 Å². The van der Waals surface area contributed by atoms with Gasteiger partial charge in [-0.1, -0.05) is 19.9 Å². The van der Waals surface area contributed by atoms with Crippen molar-refractivity contribution in [3.05, 3.63) is 29.3 Å². The first-order valence-electron chi connectivity index (χ1n) is 9.94. The molecular weight excluding hydrogens is 362 g/mol. The molecule has 1 aromatic rings. The number of piperidine rings is 1. The van der Waals surface area contributed by atoms with Crippen molar-refractivity contribution in [3.63, 3.8) is 0 Å². The van der Waals surface area contributed by atoms with Gasteiger partial charge in [-0.3, -0.25) is 4.79 Å². The molecule has 1 aromatic carbocycles. The minimum atomic E-state index is -3.56. The Morgan fingerprint density at radius 2 is 2.07 bits per heavy atom. The number of likely N-dealkylation sites (tertiary alicyclic amines) is 1. The second-order valence-corrected chi connectivity index (χ2v) is 9.26. The Labute approximate surface area is 163 Å². The number of sulfonamides is 1. The maximum atomic E-state index is 12.5. The monoisotopic (exact) mass is 395 g/mol. The average molecular weight is 396 g/mol. The molecule has 1 aliphatic heterocycles. The molecule has 0 aliphatic carbocycles. The number of hydrogen-bond donors (Lipinski definition) is 2. The van der Waals surface area contributed by atoms with Gasteiger partial charge in [-0.05, 0) is 69.3 Å². The topological polar surface area (TPSA) is 78.5 Å². The predicted molar refractivity (Wildman–Crippen MR) is 108 cm³/mol. The Morgan fingerprint density at radius 1 is 1.30 bits per heavy atom. The molecular formula is C20H33N3O3S. The van der Waals surface area contributed by atoms with E-state index < -0.39 is 10.0 Å². The molecule has 1 unspecified atom stereocenters. The van der Waals surface area contributed by atoms with E-state index in [1.807, 2.05) is 6.92 Å². The molecule has 6 nitrogen and oxygen atoms in total. The summed E-state index contributed by atoms with van der Waals surface area (Å²) in [6.07, 6.45) is 4.59. The standard InChI is InChI=1S/C20H33N3O3S/c1-4-22-27(25,26)18-10-9-17(3)19(14-18)20(24)21-11-5-6-12-23-13-7-8-16(2)15-23/h9-10,14,16,22H,4-8,11-13,15H2,1-3H3,(H,21,24). The number of carbonyl (C=O) groups is 1. The summed E-state index contributed by atoms with van der Waals surface area (Å²) in [6.45, 7) is 10.2. The second kappa shape index (κ2) is 10.2. The number of nitrogens with zero attached hydrogens (tertiary/aromatic N) is 1. The lowest BCUT2D eigenvalue weighted by molar-refractivity contribution is 0.0951. The highest BCUT2D eigenvalue weighted by molar-refractivity contribution is 7.89. The molecule has 0 aromatic heterocycles. The van der Waals surface area contributed by atoms with Crippen LogP contribution in [0.2, 0.25) is 0 Å². The van der Waals surface area contributed by atoms with Gasteiger partial charge in [-0.2, -0.15) is 0 Å². The fraction of sp³-hybridized carbons (Fsp3) is 0.650. The van der Waals surface area contributed by atoms with E-state index in [0.29, 0.717) is 18.7 Å². The summed E-state index contributed by atoms with van der Waals surface area (Å²) in [5.41, 5.74) is 1.18. The quantitative estimate of drug-likeness (QED) is 0.630. The molecule has 1 fully saturated rings.